The van der Waals surface area contributed by atoms with Crippen LogP contribution in [0.15, 0.2) is 51.0 Å². The maximum absolute atomic E-state index is 5.27. The van der Waals surface area contributed by atoms with Crippen molar-refractivity contribution in [2.24, 2.45) is 0 Å². The van der Waals surface area contributed by atoms with Gasteiger partial charge in [0.15, 0.2) is 0 Å². The van der Waals surface area contributed by atoms with Crippen LogP contribution in [0.1, 0.15) is 5.76 Å². The Morgan fingerprint density at radius 1 is 1.13 bits per heavy atom. The maximum Gasteiger partial charge on any atom is 0.227 e. The molecular weight excluding hydrogens is 328 g/mol. The molecule has 2 heterocycles. The van der Waals surface area contributed by atoms with Crippen molar-refractivity contribution < 1.29 is 4.52 Å². The second-order valence-corrected chi connectivity index (χ2v) is 6.42. The quantitative estimate of drug-likeness (QED) is 0.677. The first kappa shape index (κ1) is 15.9. The van der Waals surface area contributed by atoms with E-state index in [0.29, 0.717) is 5.95 Å². The summed E-state index contributed by atoms with van der Waals surface area (Å²) in [4.78, 5) is 10.1. The van der Waals surface area contributed by atoms with Crippen LogP contribution in [0, 0.1) is 6.92 Å². The van der Waals surface area contributed by atoms with Crippen LogP contribution in [0.4, 0.5) is 11.6 Å². The van der Waals surface area contributed by atoms with E-state index in [4.69, 9.17) is 4.52 Å². The van der Waals surface area contributed by atoms with Gasteiger partial charge in [0.2, 0.25) is 5.95 Å². The highest BCUT2D eigenvalue weighted by Gasteiger charge is 2.16. The molecule has 0 amide bonds. The van der Waals surface area contributed by atoms with E-state index in [0.717, 1.165) is 27.7 Å². The Labute approximate surface area is 143 Å². The number of aromatic nitrogens is 3. The molecule has 2 aromatic heterocycles. The van der Waals surface area contributed by atoms with E-state index < -0.39 is 0 Å². The molecule has 0 aliphatic carbocycles. The molecule has 0 radical (unpaired) electrons. The van der Waals surface area contributed by atoms with Crippen LogP contribution >= 0.6 is 23.5 Å². The zero-order valence-corrected chi connectivity index (χ0v) is 14.7. The van der Waals surface area contributed by atoms with Gasteiger partial charge in [-0.25, -0.2) is 9.97 Å². The molecule has 0 atom stereocenters. The van der Waals surface area contributed by atoms with Crippen molar-refractivity contribution >= 4 is 35.2 Å². The van der Waals surface area contributed by atoms with Crippen molar-refractivity contribution in [3.05, 3.63) is 42.3 Å². The fourth-order valence-electron chi connectivity index (χ4n) is 2.17. The van der Waals surface area contributed by atoms with Crippen LogP contribution in [0.2, 0.25) is 0 Å². The van der Waals surface area contributed by atoms with Crippen LogP contribution in [0.25, 0.3) is 11.3 Å². The molecule has 1 N–H and O–H groups in total. The maximum atomic E-state index is 5.27. The van der Waals surface area contributed by atoms with Crippen molar-refractivity contribution in [1.29, 1.82) is 0 Å². The van der Waals surface area contributed by atoms with Crippen molar-refractivity contribution in [2.45, 2.75) is 16.8 Å². The Morgan fingerprint density at radius 2 is 2.00 bits per heavy atom. The largest absolute Gasteiger partial charge is 0.360 e. The number of nitrogens with zero attached hydrogens (tertiary/aromatic N) is 3. The molecule has 23 heavy (non-hydrogen) atoms. The Balaban J connectivity index is 1.92. The molecule has 3 aromatic rings. The summed E-state index contributed by atoms with van der Waals surface area (Å²) in [6.07, 6.45) is 5.75. The predicted molar refractivity (Wildman–Crippen MR) is 95.6 cm³/mol. The zero-order valence-electron chi connectivity index (χ0n) is 13.0. The monoisotopic (exact) mass is 344 g/mol. The minimum absolute atomic E-state index is 0.549. The average Bonchev–Trinajstić information content (AvgIpc) is 2.96. The van der Waals surface area contributed by atoms with E-state index >= 15 is 0 Å². The van der Waals surface area contributed by atoms with Crippen LogP contribution in [-0.4, -0.2) is 27.6 Å². The number of aryl methyl sites for hydroxylation is 1. The van der Waals surface area contributed by atoms with E-state index in [1.54, 1.807) is 18.0 Å². The molecule has 5 nitrogen and oxygen atoms in total. The van der Waals surface area contributed by atoms with Crippen LogP contribution < -0.4 is 5.32 Å². The van der Waals surface area contributed by atoms with Gasteiger partial charge in [0.1, 0.15) is 10.8 Å². The number of nitrogens with one attached hydrogen (secondary N) is 1. The molecule has 7 heteroatoms. The Bertz CT molecular complexity index is 819. The summed E-state index contributed by atoms with van der Waals surface area (Å²) in [6.45, 7) is 1.89. The van der Waals surface area contributed by atoms with Gasteiger partial charge in [-0.3, -0.25) is 0 Å². The standard InChI is InChI=1S/C16H16N4OS2/c1-10-14(15(23-3)20-21-10)13-7-8-17-16(19-13)18-11-5-4-6-12(9-11)22-2/h4-9H,1-3H3,(H,17,18,19). The first-order chi connectivity index (χ1) is 11.2. The molecule has 0 fully saturated rings. The van der Waals surface area contributed by atoms with E-state index in [9.17, 15) is 0 Å². The van der Waals surface area contributed by atoms with E-state index in [1.165, 1.54) is 16.7 Å². The molecular formula is C16H16N4OS2. The molecule has 118 valence electrons. The SMILES string of the molecule is CSc1cccc(Nc2nccc(-c3c(SC)noc3C)n2)c1. The number of thioether (sulfide) groups is 2. The molecule has 0 aliphatic heterocycles. The highest BCUT2D eigenvalue weighted by atomic mass is 32.2. The van der Waals surface area contributed by atoms with Gasteiger partial charge in [-0.1, -0.05) is 11.2 Å². The van der Waals surface area contributed by atoms with E-state index in [1.807, 2.05) is 31.4 Å². The van der Waals surface area contributed by atoms with Gasteiger partial charge in [0, 0.05) is 16.8 Å². The number of benzene rings is 1. The third-order valence-electron chi connectivity index (χ3n) is 3.26. The highest BCUT2D eigenvalue weighted by molar-refractivity contribution is 7.98. The third-order valence-corrected chi connectivity index (χ3v) is 4.65. The van der Waals surface area contributed by atoms with Crippen LogP contribution in [0.3, 0.4) is 0 Å². The van der Waals surface area contributed by atoms with E-state index in [2.05, 4.69) is 38.8 Å². The lowest BCUT2D eigenvalue weighted by molar-refractivity contribution is 0.384. The van der Waals surface area contributed by atoms with Crippen molar-refractivity contribution in [1.82, 2.24) is 15.1 Å². The molecule has 0 spiro atoms. The highest BCUT2D eigenvalue weighted by Crippen LogP contribution is 2.31. The normalized spacial score (nSPS) is 10.7. The Hall–Kier alpha value is -1.99. The molecule has 0 bridgehead atoms. The molecule has 0 saturated carbocycles. The van der Waals surface area contributed by atoms with Crippen molar-refractivity contribution in [3.8, 4) is 11.3 Å². The Morgan fingerprint density at radius 3 is 2.78 bits per heavy atom. The first-order valence-electron chi connectivity index (χ1n) is 6.96. The van der Waals surface area contributed by atoms with E-state index in [-0.39, 0.29) is 0 Å². The minimum Gasteiger partial charge on any atom is -0.360 e. The zero-order chi connectivity index (χ0) is 16.2. The minimum atomic E-state index is 0.549. The summed E-state index contributed by atoms with van der Waals surface area (Å²) < 4.78 is 5.27. The fourth-order valence-corrected chi connectivity index (χ4v) is 3.19. The number of rotatable bonds is 5. The van der Waals surface area contributed by atoms with Gasteiger partial charge in [-0.2, -0.15) is 0 Å². The number of anilines is 2. The second kappa shape index (κ2) is 7.06. The lowest BCUT2D eigenvalue weighted by atomic mass is 10.2. The summed E-state index contributed by atoms with van der Waals surface area (Å²) in [6, 6.07) is 10.0. The number of hydrogen-bond donors (Lipinski definition) is 1. The van der Waals surface area contributed by atoms with Crippen LogP contribution in [0.5, 0.6) is 0 Å². The summed E-state index contributed by atoms with van der Waals surface area (Å²) in [5.74, 6) is 1.30. The lowest BCUT2D eigenvalue weighted by Gasteiger charge is -2.07. The summed E-state index contributed by atoms with van der Waals surface area (Å²) in [7, 11) is 0. The van der Waals surface area contributed by atoms with Gasteiger partial charge >= 0.3 is 0 Å². The van der Waals surface area contributed by atoms with Crippen molar-refractivity contribution in [3.63, 3.8) is 0 Å². The molecule has 0 aliphatic rings. The average molecular weight is 344 g/mol. The fraction of sp³-hybridized carbons (Fsp3) is 0.188. The molecule has 0 unspecified atom stereocenters. The van der Waals surface area contributed by atoms with Gasteiger partial charge in [-0.05, 0) is 43.7 Å². The molecule has 0 saturated heterocycles. The third kappa shape index (κ3) is 3.51. The van der Waals surface area contributed by atoms with Gasteiger partial charge < -0.3 is 9.84 Å². The van der Waals surface area contributed by atoms with Crippen molar-refractivity contribution in [2.75, 3.05) is 17.8 Å². The number of hydrogen-bond acceptors (Lipinski definition) is 7. The first-order valence-corrected chi connectivity index (χ1v) is 9.41. The lowest BCUT2D eigenvalue weighted by Crippen LogP contribution is -1.98. The molecule has 1 aromatic carbocycles. The topological polar surface area (TPSA) is 63.8 Å². The van der Waals surface area contributed by atoms with Gasteiger partial charge in [0.25, 0.3) is 0 Å². The smallest absolute Gasteiger partial charge is 0.227 e. The van der Waals surface area contributed by atoms with Gasteiger partial charge in [-0.15, -0.1) is 23.5 Å². The molecule has 3 rings (SSSR count). The summed E-state index contributed by atoms with van der Waals surface area (Å²) in [5.41, 5.74) is 2.67. The predicted octanol–water partition coefficient (Wildman–Crippen LogP) is 4.63. The van der Waals surface area contributed by atoms with Gasteiger partial charge in [0.05, 0.1) is 11.3 Å². The summed E-state index contributed by atoms with van der Waals surface area (Å²) in [5, 5.41) is 8.13. The second-order valence-electron chi connectivity index (χ2n) is 4.75. The summed E-state index contributed by atoms with van der Waals surface area (Å²) >= 11 is 3.23. The Kier molecular flexibility index (Phi) is 4.88. The van der Waals surface area contributed by atoms with Crippen LogP contribution in [-0.2, 0) is 0 Å².